The molecule has 1 aromatic carbocycles. The van der Waals surface area contributed by atoms with Crippen LogP contribution in [0, 0.1) is 0 Å². The lowest BCUT2D eigenvalue weighted by molar-refractivity contribution is 0.244. The van der Waals surface area contributed by atoms with Gasteiger partial charge in [0.2, 0.25) is 0 Å². The smallest absolute Gasteiger partial charge is 0.322 e. The van der Waals surface area contributed by atoms with E-state index in [9.17, 15) is 4.79 Å². The molecule has 1 aromatic rings. The van der Waals surface area contributed by atoms with Gasteiger partial charge in [-0.05, 0) is 37.8 Å². The standard InChI is InChI=1S/C13H16N2O/c1-9-8-10-4-2-3-5-12(10)15(9)13(16)14-11-6-7-11/h2-5,9,11H,6-8H2,1H3,(H,14,16)/t9-/m0/s1. The third kappa shape index (κ3) is 1.56. The molecule has 1 atom stereocenters. The van der Waals surface area contributed by atoms with E-state index in [0.29, 0.717) is 6.04 Å². The Kier molecular flexibility index (Phi) is 2.13. The number of para-hydroxylation sites is 1. The molecule has 2 amide bonds. The Labute approximate surface area is 95.4 Å². The molecule has 0 saturated heterocycles. The van der Waals surface area contributed by atoms with Crippen molar-refractivity contribution in [3.05, 3.63) is 29.8 Å². The highest BCUT2D eigenvalue weighted by Crippen LogP contribution is 2.32. The highest BCUT2D eigenvalue weighted by Gasteiger charge is 2.33. The molecule has 1 N–H and O–H groups in total. The molecule has 3 nitrogen and oxygen atoms in total. The Morgan fingerprint density at radius 1 is 1.38 bits per heavy atom. The number of benzene rings is 1. The maximum Gasteiger partial charge on any atom is 0.322 e. The van der Waals surface area contributed by atoms with Crippen LogP contribution < -0.4 is 10.2 Å². The monoisotopic (exact) mass is 216 g/mol. The van der Waals surface area contributed by atoms with Gasteiger partial charge < -0.3 is 5.32 Å². The van der Waals surface area contributed by atoms with Crippen LogP contribution in [0.1, 0.15) is 25.3 Å². The second-order valence-electron chi connectivity index (χ2n) is 4.78. The van der Waals surface area contributed by atoms with Gasteiger partial charge in [-0.25, -0.2) is 4.79 Å². The minimum absolute atomic E-state index is 0.0694. The second-order valence-corrected chi connectivity index (χ2v) is 4.78. The summed E-state index contributed by atoms with van der Waals surface area (Å²) in [5.41, 5.74) is 2.36. The van der Waals surface area contributed by atoms with Gasteiger partial charge in [-0.3, -0.25) is 4.90 Å². The predicted octanol–water partition coefficient (Wildman–Crippen LogP) is 2.31. The number of carbonyl (C=O) groups is 1. The zero-order chi connectivity index (χ0) is 11.1. The van der Waals surface area contributed by atoms with Crippen molar-refractivity contribution in [3.8, 4) is 0 Å². The average Bonchev–Trinajstić information content (AvgIpc) is 2.98. The van der Waals surface area contributed by atoms with Gasteiger partial charge in [0, 0.05) is 17.8 Å². The first-order valence-electron chi connectivity index (χ1n) is 5.93. The Balaban J connectivity index is 1.85. The van der Waals surface area contributed by atoms with Crippen molar-refractivity contribution in [1.82, 2.24) is 5.32 Å². The molecule has 84 valence electrons. The highest BCUT2D eigenvalue weighted by molar-refractivity contribution is 5.95. The summed E-state index contributed by atoms with van der Waals surface area (Å²) < 4.78 is 0. The van der Waals surface area contributed by atoms with Gasteiger partial charge in [-0.1, -0.05) is 18.2 Å². The van der Waals surface area contributed by atoms with Gasteiger partial charge in [0.15, 0.2) is 0 Å². The quantitative estimate of drug-likeness (QED) is 0.767. The van der Waals surface area contributed by atoms with Crippen LogP contribution in [0.25, 0.3) is 0 Å². The van der Waals surface area contributed by atoms with Crippen molar-refractivity contribution >= 4 is 11.7 Å². The number of hydrogen-bond acceptors (Lipinski definition) is 1. The fourth-order valence-corrected chi connectivity index (χ4v) is 2.35. The lowest BCUT2D eigenvalue weighted by atomic mass is 10.1. The van der Waals surface area contributed by atoms with E-state index in [1.807, 2.05) is 23.1 Å². The summed E-state index contributed by atoms with van der Waals surface area (Å²) >= 11 is 0. The Morgan fingerprint density at radius 3 is 2.88 bits per heavy atom. The molecule has 0 radical (unpaired) electrons. The highest BCUT2D eigenvalue weighted by atomic mass is 16.2. The summed E-state index contributed by atoms with van der Waals surface area (Å²) in [7, 11) is 0. The van der Waals surface area contributed by atoms with Crippen molar-refractivity contribution in [3.63, 3.8) is 0 Å². The van der Waals surface area contributed by atoms with Crippen LogP contribution in [0.2, 0.25) is 0 Å². The largest absolute Gasteiger partial charge is 0.335 e. The summed E-state index contributed by atoms with van der Waals surface area (Å²) in [6.45, 7) is 2.10. The molecule has 3 heteroatoms. The van der Waals surface area contributed by atoms with E-state index < -0.39 is 0 Å². The van der Waals surface area contributed by atoms with Crippen LogP contribution in [0.4, 0.5) is 10.5 Å². The van der Waals surface area contributed by atoms with Crippen LogP contribution in [0.15, 0.2) is 24.3 Å². The van der Waals surface area contributed by atoms with Gasteiger partial charge in [0.05, 0.1) is 0 Å². The van der Waals surface area contributed by atoms with Crippen LogP contribution >= 0.6 is 0 Å². The lowest BCUT2D eigenvalue weighted by Gasteiger charge is -2.23. The van der Waals surface area contributed by atoms with Gasteiger partial charge >= 0.3 is 6.03 Å². The number of hydrogen-bond donors (Lipinski definition) is 1. The van der Waals surface area contributed by atoms with Crippen molar-refractivity contribution in [2.45, 2.75) is 38.3 Å². The number of anilines is 1. The van der Waals surface area contributed by atoms with Crippen LogP contribution in [-0.2, 0) is 6.42 Å². The molecule has 1 aliphatic heterocycles. The molecule has 1 fully saturated rings. The molecule has 1 heterocycles. The summed E-state index contributed by atoms with van der Waals surface area (Å²) in [6, 6.07) is 8.94. The number of nitrogens with zero attached hydrogens (tertiary/aromatic N) is 1. The van der Waals surface area contributed by atoms with Crippen LogP contribution in [0.3, 0.4) is 0 Å². The summed E-state index contributed by atoms with van der Waals surface area (Å²) in [6.07, 6.45) is 3.24. The SMILES string of the molecule is C[C@H]1Cc2ccccc2N1C(=O)NC1CC1. The molecule has 1 saturated carbocycles. The van der Waals surface area contributed by atoms with E-state index in [1.54, 1.807) is 0 Å². The number of rotatable bonds is 1. The zero-order valence-corrected chi connectivity index (χ0v) is 9.44. The minimum Gasteiger partial charge on any atom is -0.335 e. The molecule has 0 aromatic heterocycles. The zero-order valence-electron chi connectivity index (χ0n) is 9.44. The van der Waals surface area contributed by atoms with Gasteiger partial charge in [0.1, 0.15) is 0 Å². The Hall–Kier alpha value is -1.51. The van der Waals surface area contributed by atoms with E-state index in [-0.39, 0.29) is 12.1 Å². The fourth-order valence-electron chi connectivity index (χ4n) is 2.35. The van der Waals surface area contributed by atoms with Gasteiger partial charge in [0.25, 0.3) is 0 Å². The van der Waals surface area contributed by atoms with Crippen molar-refractivity contribution < 1.29 is 4.79 Å². The Morgan fingerprint density at radius 2 is 2.12 bits per heavy atom. The summed E-state index contributed by atoms with van der Waals surface area (Å²) in [5.74, 6) is 0. The number of urea groups is 1. The molecular weight excluding hydrogens is 200 g/mol. The first-order valence-corrected chi connectivity index (χ1v) is 5.93. The van der Waals surface area contributed by atoms with Crippen LogP contribution in [-0.4, -0.2) is 18.1 Å². The summed E-state index contributed by atoms with van der Waals surface area (Å²) in [5, 5.41) is 3.05. The van der Waals surface area contributed by atoms with Gasteiger partial charge in [-0.15, -0.1) is 0 Å². The second kappa shape index (κ2) is 3.51. The fraction of sp³-hybridized carbons (Fsp3) is 0.462. The molecule has 0 unspecified atom stereocenters. The normalized spacial score (nSPS) is 23.1. The van der Waals surface area contributed by atoms with Crippen LogP contribution in [0.5, 0.6) is 0 Å². The molecule has 16 heavy (non-hydrogen) atoms. The maximum absolute atomic E-state index is 12.1. The first kappa shape index (κ1) is 9.70. The maximum atomic E-state index is 12.1. The average molecular weight is 216 g/mol. The Bertz CT molecular complexity index is 426. The topological polar surface area (TPSA) is 32.3 Å². The molecule has 2 aliphatic rings. The van der Waals surface area contributed by atoms with E-state index in [0.717, 1.165) is 24.9 Å². The predicted molar refractivity (Wildman–Crippen MR) is 63.6 cm³/mol. The molecule has 1 aliphatic carbocycles. The van der Waals surface area contributed by atoms with E-state index in [4.69, 9.17) is 0 Å². The molecule has 3 rings (SSSR count). The van der Waals surface area contributed by atoms with E-state index >= 15 is 0 Å². The molecular formula is C13H16N2O. The summed E-state index contributed by atoms with van der Waals surface area (Å²) in [4.78, 5) is 14.0. The number of carbonyl (C=O) groups excluding carboxylic acids is 1. The number of fused-ring (bicyclic) bond motifs is 1. The van der Waals surface area contributed by atoms with E-state index in [2.05, 4.69) is 18.3 Å². The third-order valence-corrected chi connectivity index (χ3v) is 3.33. The first-order chi connectivity index (χ1) is 7.75. The van der Waals surface area contributed by atoms with Crippen molar-refractivity contribution in [2.75, 3.05) is 4.90 Å². The molecule has 0 bridgehead atoms. The van der Waals surface area contributed by atoms with E-state index in [1.165, 1.54) is 5.56 Å². The minimum atomic E-state index is 0.0694. The van der Waals surface area contributed by atoms with Crippen molar-refractivity contribution in [1.29, 1.82) is 0 Å². The lowest BCUT2D eigenvalue weighted by Crippen LogP contribution is -2.44. The van der Waals surface area contributed by atoms with Crippen molar-refractivity contribution in [2.24, 2.45) is 0 Å². The number of nitrogens with one attached hydrogen (secondary N) is 1. The third-order valence-electron chi connectivity index (χ3n) is 3.33. The van der Waals surface area contributed by atoms with Gasteiger partial charge in [-0.2, -0.15) is 0 Å². The number of amides is 2. The molecule has 0 spiro atoms.